The van der Waals surface area contributed by atoms with Crippen LogP contribution in [0.2, 0.25) is 0 Å². The van der Waals surface area contributed by atoms with Gasteiger partial charge in [-0.1, -0.05) is 0 Å². The third-order valence-corrected chi connectivity index (χ3v) is 0.211. The van der Waals surface area contributed by atoms with E-state index in [9.17, 15) is 4.79 Å². The van der Waals surface area contributed by atoms with Crippen LogP contribution < -0.4 is 0 Å². The molecule has 0 fully saturated rings. The van der Waals surface area contributed by atoms with Gasteiger partial charge in [-0.25, -0.2) is 0 Å². The quantitative estimate of drug-likeness (QED) is 0.504. The Hall–Kier alpha value is 0.0500. The highest BCUT2D eigenvalue weighted by molar-refractivity contribution is 6.85. The molecule has 2 nitrogen and oxygen atoms in total. The van der Waals surface area contributed by atoms with Crippen molar-refractivity contribution in [1.82, 2.24) is 4.90 Å². The molecule has 0 spiro atoms. The van der Waals surface area contributed by atoms with Crippen molar-refractivity contribution in [2.45, 2.75) is 0 Å². The van der Waals surface area contributed by atoms with E-state index in [1.54, 1.807) is 14.1 Å². The van der Waals surface area contributed by atoms with Crippen molar-refractivity contribution in [3.05, 3.63) is 0 Å². The number of halogens is 2. The van der Waals surface area contributed by atoms with Crippen molar-refractivity contribution < 1.29 is 4.79 Å². The lowest BCUT2D eigenvalue weighted by molar-refractivity contribution is -0.115. The molecule has 0 saturated carbocycles. The van der Waals surface area contributed by atoms with Gasteiger partial charge in [-0.3, -0.25) is 4.79 Å². The third kappa shape index (κ3) is 23.6. The van der Waals surface area contributed by atoms with Crippen LogP contribution >= 0.6 is 21.7 Å². The van der Waals surface area contributed by atoms with Crippen LogP contribution in [0.5, 0.6) is 0 Å². The van der Waals surface area contributed by atoms with E-state index in [2.05, 4.69) is 21.7 Å². The van der Waals surface area contributed by atoms with E-state index in [0.29, 0.717) is 0 Å². The molecule has 0 N–H and O–H groups in total. The fraction of sp³-hybridized carbons (Fsp3) is 0.667. The van der Waals surface area contributed by atoms with Gasteiger partial charge in [-0.15, -0.1) is 0 Å². The molecule has 0 aromatic heterocycles. The second kappa shape index (κ2) is 9.41. The predicted molar refractivity (Wildman–Crippen MR) is 31.5 cm³/mol. The van der Waals surface area contributed by atoms with Crippen molar-refractivity contribution in [2.75, 3.05) is 14.1 Å². The summed E-state index contributed by atoms with van der Waals surface area (Å²) in [5, 5.41) is 0. The monoisotopic (exact) mass is 143 g/mol. The van der Waals surface area contributed by atoms with Crippen molar-refractivity contribution >= 4 is 28.1 Å². The van der Waals surface area contributed by atoms with Gasteiger partial charge in [0.2, 0.25) is 6.41 Å². The fourth-order valence-electron chi connectivity index (χ4n) is 0. The molecule has 0 aromatic rings. The summed E-state index contributed by atoms with van der Waals surface area (Å²) in [5.74, 6) is 0. The SMILES string of the molecule is CN(C)C=O.ClCl. The van der Waals surface area contributed by atoms with Crippen molar-refractivity contribution in [3.63, 3.8) is 0 Å². The van der Waals surface area contributed by atoms with E-state index in [-0.39, 0.29) is 0 Å². The average Bonchev–Trinajstić information content (AvgIpc) is 1.73. The zero-order chi connectivity index (χ0) is 6.28. The maximum atomic E-state index is 9.43. The third-order valence-electron chi connectivity index (χ3n) is 0.211. The first-order chi connectivity index (χ1) is 3.27. The maximum absolute atomic E-state index is 9.43. The molecule has 4 heteroatoms. The lowest BCUT2D eigenvalue weighted by Gasteiger charge is -1.93. The topological polar surface area (TPSA) is 20.3 Å². The summed E-state index contributed by atoms with van der Waals surface area (Å²) in [4.78, 5) is 10.9. The van der Waals surface area contributed by atoms with Crippen LogP contribution in [-0.4, -0.2) is 25.4 Å². The molecule has 0 saturated heterocycles. The molecule has 0 aromatic carbocycles. The summed E-state index contributed by atoms with van der Waals surface area (Å²) >= 11 is 0. The van der Waals surface area contributed by atoms with E-state index in [1.165, 1.54) is 4.90 Å². The molecule has 7 heavy (non-hydrogen) atoms. The molecule has 0 aliphatic rings. The first-order valence-corrected chi connectivity index (χ1v) is 2.67. The van der Waals surface area contributed by atoms with Crippen LogP contribution in [0.1, 0.15) is 0 Å². The van der Waals surface area contributed by atoms with Crippen LogP contribution in [0, 0.1) is 0 Å². The van der Waals surface area contributed by atoms with E-state index < -0.39 is 0 Å². The Morgan fingerprint density at radius 2 is 1.57 bits per heavy atom. The number of rotatable bonds is 1. The molecule has 0 unspecified atom stereocenters. The molecule has 0 radical (unpaired) electrons. The summed E-state index contributed by atoms with van der Waals surface area (Å²) in [6.07, 6.45) is 0.750. The van der Waals surface area contributed by atoms with Crippen molar-refractivity contribution in [1.29, 1.82) is 0 Å². The largest absolute Gasteiger partial charge is 0.351 e. The van der Waals surface area contributed by atoms with Gasteiger partial charge in [0.15, 0.2) is 0 Å². The van der Waals surface area contributed by atoms with Gasteiger partial charge in [-0.05, 0) is 0 Å². The van der Waals surface area contributed by atoms with Gasteiger partial charge >= 0.3 is 0 Å². The van der Waals surface area contributed by atoms with Crippen LogP contribution in [-0.2, 0) is 4.79 Å². The van der Waals surface area contributed by atoms with E-state index in [4.69, 9.17) is 0 Å². The summed E-state index contributed by atoms with van der Waals surface area (Å²) < 4.78 is 0. The van der Waals surface area contributed by atoms with Crippen LogP contribution in [0.15, 0.2) is 0 Å². The molecular formula is C3H7Cl2NO. The van der Waals surface area contributed by atoms with Crippen molar-refractivity contribution in [3.8, 4) is 0 Å². The molecule has 0 rings (SSSR count). The van der Waals surface area contributed by atoms with Gasteiger partial charge < -0.3 is 4.90 Å². The highest BCUT2D eigenvalue weighted by Gasteiger charge is 1.68. The van der Waals surface area contributed by atoms with E-state index in [1.807, 2.05) is 0 Å². The molecule has 44 valence electrons. The molecular weight excluding hydrogens is 137 g/mol. The second-order valence-corrected chi connectivity index (χ2v) is 1.07. The number of carbonyl (C=O) groups excluding carboxylic acids is 1. The van der Waals surface area contributed by atoms with Crippen LogP contribution in [0.25, 0.3) is 0 Å². The number of hydrogen-bond donors (Lipinski definition) is 0. The Morgan fingerprint density at radius 1 is 1.43 bits per heavy atom. The maximum Gasteiger partial charge on any atom is 0.209 e. The Balaban J connectivity index is 0. The van der Waals surface area contributed by atoms with E-state index >= 15 is 0 Å². The molecule has 0 heterocycles. The average molecular weight is 144 g/mol. The van der Waals surface area contributed by atoms with Gasteiger partial charge in [0.05, 0.1) is 0 Å². The Kier molecular flexibility index (Phi) is 13.6. The minimum absolute atomic E-state index is 0.750. The molecule has 0 aliphatic heterocycles. The minimum Gasteiger partial charge on any atom is -0.351 e. The lowest BCUT2D eigenvalue weighted by atomic mass is 11.0. The summed E-state index contributed by atoms with van der Waals surface area (Å²) in [5.41, 5.74) is 0. The molecule has 1 amide bonds. The highest BCUT2D eigenvalue weighted by Crippen LogP contribution is 1.69. The van der Waals surface area contributed by atoms with Gasteiger partial charge in [0.1, 0.15) is 0 Å². The summed E-state index contributed by atoms with van der Waals surface area (Å²) in [6.45, 7) is 0. The zero-order valence-corrected chi connectivity index (χ0v) is 5.70. The Morgan fingerprint density at radius 3 is 1.57 bits per heavy atom. The molecule has 0 aliphatic carbocycles. The summed E-state index contributed by atoms with van der Waals surface area (Å²) in [6, 6.07) is 0. The van der Waals surface area contributed by atoms with Crippen LogP contribution in [0.3, 0.4) is 0 Å². The Labute approximate surface area is 52.6 Å². The summed E-state index contributed by atoms with van der Waals surface area (Å²) in [7, 11) is 11.6. The number of hydrogen-bond acceptors (Lipinski definition) is 1. The Bertz CT molecular complexity index is 39.9. The number of amides is 1. The number of carbonyl (C=O) groups is 1. The smallest absolute Gasteiger partial charge is 0.209 e. The minimum atomic E-state index is 0.750. The first kappa shape index (κ1) is 10.1. The highest BCUT2D eigenvalue weighted by atomic mass is 36.5. The second-order valence-electron chi connectivity index (χ2n) is 1.07. The zero-order valence-electron chi connectivity index (χ0n) is 4.19. The van der Waals surface area contributed by atoms with Crippen molar-refractivity contribution in [2.24, 2.45) is 0 Å². The fourth-order valence-corrected chi connectivity index (χ4v) is 0. The van der Waals surface area contributed by atoms with Gasteiger partial charge in [0, 0.05) is 35.8 Å². The predicted octanol–water partition coefficient (Wildman–Crippen LogP) is 1.08. The van der Waals surface area contributed by atoms with E-state index in [0.717, 1.165) is 6.41 Å². The molecule has 0 atom stereocenters. The number of nitrogens with zero attached hydrogens (tertiary/aromatic N) is 1. The first-order valence-electron chi connectivity index (χ1n) is 1.53. The lowest BCUT2D eigenvalue weighted by Crippen LogP contribution is -2.06. The van der Waals surface area contributed by atoms with Gasteiger partial charge in [-0.2, -0.15) is 0 Å². The van der Waals surface area contributed by atoms with Crippen LogP contribution in [0.4, 0.5) is 0 Å². The standard InChI is InChI=1S/C3H7NO.Cl2/c1-4(2)3-5;1-2/h3H,1-2H3;. The molecule has 0 bridgehead atoms. The normalized spacial score (nSPS) is 5.71. The van der Waals surface area contributed by atoms with Gasteiger partial charge in [0.25, 0.3) is 0 Å².